The molecular weight excluding hydrogens is 292 g/mol. The second-order valence-corrected chi connectivity index (χ2v) is 5.64. The second-order valence-electron chi connectivity index (χ2n) is 5.64. The van der Waals surface area contributed by atoms with Crippen LogP contribution >= 0.6 is 0 Å². The highest BCUT2D eigenvalue weighted by atomic mass is 16.5. The highest BCUT2D eigenvalue weighted by Crippen LogP contribution is 2.23. The number of hydrogen-bond acceptors (Lipinski definition) is 4. The quantitative estimate of drug-likeness (QED) is 0.436. The van der Waals surface area contributed by atoms with E-state index in [1.54, 1.807) is 13.3 Å². The molecule has 1 aliphatic rings. The van der Waals surface area contributed by atoms with E-state index in [9.17, 15) is 0 Å². The van der Waals surface area contributed by atoms with E-state index in [0.29, 0.717) is 25.1 Å². The van der Waals surface area contributed by atoms with Crippen LogP contribution in [-0.2, 0) is 11.3 Å². The van der Waals surface area contributed by atoms with Crippen molar-refractivity contribution < 1.29 is 9.47 Å². The largest absolute Gasteiger partial charge is 0.474 e. The standard InChI is InChI=1S/C17H28N4O2/c1-3-18-17(20-10-11-22-2)21-13-14-8-9-19-16(12-14)23-15-6-4-5-7-15/h8-9,12,15H,3-7,10-11,13H2,1-2H3,(H2,18,20,21). The Bertz CT molecular complexity index is 487. The molecule has 0 bridgehead atoms. The molecule has 0 spiro atoms. The lowest BCUT2D eigenvalue weighted by molar-refractivity contribution is 0.201. The van der Waals surface area contributed by atoms with E-state index in [2.05, 4.69) is 20.6 Å². The van der Waals surface area contributed by atoms with Crippen molar-refractivity contribution in [3.63, 3.8) is 0 Å². The van der Waals surface area contributed by atoms with Crippen molar-refractivity contribution in [1.29, 1.82) is 0 Å². The number of guanidine groups is 1. The fourth-order valence-electron chi connectivity index (χ4n) is 2.57. The highest BCUT2D eigenvalue weighted by Gasteiger charge is 2.16. The third kappa shape index (κ3) is 6.44. The van der Waals surface area contributed by atoms with Gasteiger partial charge >= 0.3 is 0 Å². The summed E-state index contributed by atoms with van der Waals surface area (Å²) in [5.41, 5.74) is 1.09. The minimum absolute atomic E-state index is 0.328. The summed E-state index contributed by atoms with van der Waals surface area (Å²) in [6, 6.07) is 3.96. The first kappa shape index (κ1) is 17.5. The number of hydrogen-bond donors (Lipinski definition) is 2. The van der Waals surface area contributed by atoms with Gasteiger partial charge in [-0.05, 0) is 44.2 Å². The molecule has 1 aromatic rings. The summed E-state index contributed by atoms with van der Waals surface area (Å²) in [6.07, 6.45) is 6.91. The molecule has 0 aliphatic heterocycles. The average molecular weight is 320 g/mol. The molecule has 2 N–H and O–H groups in total. The molecule has 0 aromatic carbocycles. The Kier molecular flexibility index (Phi) is 7.66. The summed E-state index contributed by atoms with van der Waals surface area (Å²) < 4.78 is 11.0. The van der Waals surface area contributed by atoms with Gasteiger partial charge in [-0.3, -0.25) is 0 Å². The number of methoxy groups -OCH3 is 1. The molecule has 6 nitrogen and oxygen atoms in total. The van der Waals surface area contributed by atoms with Crippen molar-refractivity contribution in [2.75, 3.05) is 26.8 Å². The molecule has 1 saturated carbocycles. The smallest absolute Gasteiger partial charge is 0.213 e. The van der Waals surface area contributed by atoms with Crippen molar-refractivity contribution in [2.24, 2.45) is 4.99 Å². The molecule has 1 aliphatic carbocycles. The van der Waals surface area contributed by atoms with E-state index in [-0.39, 0.29) is 0 Å². The number of nitrogens with one attached hydrogen (secondary N) is 2. The van der Waals surface area contributed by atoms with Crippen LogP contribution in [0.15, 0.2) is 23.3 Å². The summed E-state index contributed by atoms with van der Waals surface area (Å²) in [5, 5.41) is 6.45. The van der Waals surface area contributed by atoms with Gasteiger partial charge in [0.2, 0.25) is 5.88 Å². The van der Waals surface area contributed by atoms with Gasteiger partial charge in [-0.15, -0.1) is 0 Å². The molecular formula is C17H28N4O2. The SMILES string of the molecule is CCNC(=NCc1ccnc(OC2CCCC2)c1)NCCOC. The molecule has 1 aromatic heterocycles. The van der Waals surface area contributed by atoms with Gasteiger partial charge in [0.1, 0.15) is 6.10 Å². The molecule has 128 valence electrons. The van der Waals surface area contributed by atoms with Crippen LogP contribution in [0.2, 0.25) is 0 Å². The van der Waals surface area contributed by atoms with Gasteiger partial charge in [0.05, 0.1) is 13.2 Å². The van der Waals surface area contributed by atoms with Crippen molar-refractivity contribution in [1.82, 2.24) is 15.6 Å². The van der Waals surface area contributed by atoms with Gasteiger partial charge in [-0.2, -0.15) is 0 Å². The predicted octanol–water partition coefficient (Wildman–Crippen LogP) is 2.10. The minimum Gasteiger partial charge on any atom is -0.474 e. The summed E-state index contributed by atoms with van der Waals surface area (Å²) in [5.74, 6) is 1.50. The molecule has 0 atom stereocenters. The Morgan fingerprint density at radius 3 is 2.91 bits per heavy atom. The van der Waals surface area contributed by atoms with Crippen LogP contribution in [0.4, 0.5) is 0 Å². The van der Waals surface area contributed by atoms with E-state index >= 15 is 0 Å². The predicted molar refractivity (Wildman–Crippen MR) is 91.8 cm³/mol. The first-order valence-corrected chi connectivity index (χ1v) is 8.44. The molecule has 23 heavy (non-hydrogen) atoms. The van der Waals surface area contributed by atoms with Gasteiger partial charge in [-0.1, -0.05) is 0 Å². The van der Waals surface area contributed by atoms with E-state index in [0.717, 1.165) is 37.5 Å². The molecule has 0 radical (unpaired) electrons. The molecule has 6 heteroatoms. The van der Waals surface area contributed by atoms with E-state index in [1.807, 2.05) is 19.1 Å². The van der Waals surface area contributed by atoms with Crippen molar-refractivity contribution >= 4 is 5.96 Å². The molecule has 2 rings (SSSR count). The average Bonchev–Trinajstić information content (AvgIpc) is 3.06. The van der Waals surface area contributed by atoms with Crippen LogP contribution in [0.1, 0.15) is 38.2 Å². The molecule has 0 amide bonds. The molecule has 0 saturated heterocycles. The maximum absolute atomic E-state index is 5.94. The number of ether oxygens (including phenoxy) is 2. The van der Waals surface area contributed by atoms with Gasteiger partial charge in [0.25, 0.3) is 0 Å². The maximum Gasteiger partial charge on any atom is 0.213 e. The number of aliphatic imine (C=N–C) groups is 1. The second kappa shape index (κ2) is 10.0. The molecule has 1 fully saturated rings. The Morgan fingerprint density at radius 2 is 2.17 bits per heavy atom. The zero-order chi connectivity index (χ0) is 16.3. The summed E-state index contributed by atoms with van der Waals surface area (Å²) >= 11 is 0. The number of rotatable bonds is 8. The fraction of sp³-hybridized carbons (Fsp3) is 0.647. The van der Waals surface area contributed by atoms with E-state index in [4.69, 9.17) is 9.47 Å². The first-order valence-electron chi connectivity index (χ1n) is 8.44. The minimum atomic E-state index is 0.328. The number of nitrogens with zero attached hydrogens (tertiary/aromatic N) is 2. The molecule has 1 heterocycles. The van der Waals surface area contributed by atoms with Gasteiger partial charge in [0, 0.05) is 32.5 Å². The van der Waals surface area contributed by atoms with E-state index in [1.165, 1.54) is 12.8 Å². The Hall–Kier alpha value is -1.82. The topological polar surface area (TPSA) is 67.8 Å². The van der Waals surface area contributed by atoms with E-state index < -0.39 is 0 Å². The number of aromatic nitrogens is 1. The normalized spacial score (nSPS) is 15.7. The van der Waals surface area contributed by atoms with Crippen LogP contribution < -0.4 is 15.4 Å². The van der Waals surface area contributed by atoms with Gasteiger partial charge < -0.3 is 20.1 Å². The van der Waals surface area contributed by atoms with Crippen molar-refractivity contribution in [2.45, 2.75) is 45.3 Å². The van der Waals surface area contributed by atoms with Crippen LogP contribution in [0.25, 0.3) is 0 Å². The van der Waals surface area contributed by atoms with Crippen molar-refractivity contribution in [3.8, 4) is 5.88 Å². The third-order valence-corrected chi connectivity index (χ3v) is 3.75. The summed E-state index contributed by atoms with van der Waals surface area (Å²) in [4.78, 5) is 8.89. The zero-order valence-electron chi connectivity index (χ0n) is 14.2. The third-order valence-electron chi connectivity index (χ3n) is 3.75. The van der Waals surface area contributed by atoms with Crippen molar-refractivity contribution in [3.05, 3.63) is 23.9 Å². The Morgan fingerprint density at radius 1 is 1.35 bits per heavy atom. The zero-order valence-corrected chi connectivity index (χ0v) is 14.2. The highest BCUT2D eigenvalue weighted by molar-refractivity contribution is 5.79. The Labute approximate surface area is 138 Å². The van der Waals surface area contributed by atoms with Gasteiger partial charge in [-0.25, -0.2) is 9.98 Å². The van der Waals surface area contributed by atoms with Crippen LogP contribution in [0, 0.1) is 0 Å². The molecule has 0 unspecified atom stereocenters. The fourth-order valence-corrected chi connectivity index (χ4v) is 2.57. The summed E-state index contributed by atoms with van der Waals surface area (Å²) in [7, 11) is 1.69. The van der Waals surface area contributed by atoms with Crippen LogP contribution in [-0.4, -0.2) is 43.9 Å². The van der Waals surface area contributed by atoms with Crippen LogP contribution in [0.3, 0.4) is 0 Å². The maximum atomic E-state index is 5.94. The first-order chi connectivity index (χ1) is 11.3. The van der Waals surface area contributed by atoms with Gasteiger partial charge in [0.15, 0.2) is 5.96 Å². The number of pyridine rings is 1. The monoisotopic (exact) mass is 320 g/mol. The Balaban J connectivity index is 1.90. The van der Waals surface area contributed by atoms with Crippen LogP contribution in [0.5, 0.6) is 5.88 Å². The lowest BCUT2D eigenvalue weighted by Gasteiger charge is -2.13. The summed E-state index contributed by atoms with van der Waals surface area (Å²) in [6.45, 7) is 4.85. The lowest BCUT2D eigenvalue weighted by Crippen LogP contribution is -2.38. The lowest BCUT2D eigenvalue weighted by atomic mass is 10.2.